The summed E-state index contributed by atoms with van der Waals surface area (Å²) in [6.45, 7) is 0.628. The molecule has 0 saturated heterocycles. The first-order chi connectivity index (χ1) is 7.95. The van der Waals surface area contributed by atoms with Crippen LogP contribution in [0.2, 0.25) is 0 Å². The Labute approximate surface area is 101 Å². The van der Waals surface area contributed by atoms with Gasteiger partial charge in [-0.25, -0.2) is 0 Å². The highest BCUT2D eigenvalue weighted by atomic mass is 19.4. The van der Waals surface area contributed by atoms with Crippen LogP contribution in [0.4, 0.5) is 13.2 Å². The molecule has 3 unspecified atom stereocenters. The topological polar surface area (TPSA) is 35.2 Å². The Hall–Kier alpha value is -0.290. The first-order valence-electron chi connectivity index (χ1n) is 6.26. The van der Waals surface area contributed by atoms with Crippen molar-refractivity contribution < 1.29 is 17.9 Å². The van der Waals surface area contributed by atoms with Crippen molar-refractivity contribution in [2.75, 3.05) is 13.7 Å². The zero-order valence-corrected chi connectivity index (χ0v) is 10.3. The summed E-state index contributed by atoms with van der Waals surface area (Å²) in [6.07, 6.45) is -0.519. The second-order valence-corrected chi connectivity index (χ2v) is 4.96. The Morgan fingerprint density at radius 1 is 1.35 bits per heavy atom. The quantitative estimate of drug-likeness (QED) is 0.764. The molecule has 0 aromatic heterocycles. The summed E-state index contributed by atoms with van der Waals surface area (Å²) in [4.78, 5) is 0. The van der Waals surface area contributed by atoms with Crippen molar-refractivity contribution in [2.24, 2.45) is 17.6 Å². The maximum Gasteiger partial charge on any atom is 0.391 e. The van der Waals surface area contributed by atoms with E-state index >= 15 is 0 Å². The third kappa shape index (κ3) is 4.84. The molecule has 0 radical (unpaired) electrons. The summed E-state index contributed by atoms with van der Waals surface area (Å²) in [6, 6.07) is -0.115. The zero-order chi connectivity index (χ0) is 12.9. The molecule has 1 rings (SSSR count). The number of alkyl halides is 3. The number of methoxy groups -OCH3 is 1. The first kappa shape index (κ1) is 14.8. The minimum Gasteiger partial charge on any atom is -0.385 e. The van der Waals surface area contributed by atoms with Gasteiger partial charge in [0.05, 0.1) is 5.92 Å². The summed E-state index contributed by atoms with van der Waals surface area (Å²) >= 11 is 0. The molecule has 1 aliphatic carbocycles. The molecule has 2 N–H and O–H groups in total. The van der Waals surface area contributed by atoms with Gasteiger partial charge in [-0.3, -0.25) is 0 Å². The monoisotopic (exact) mass is 253 g/mol. The van der Waals surface area contributed by atoms with Gasteiger partial charge >= 0.3 is 6.18 Å². The van der Waals surface area contributed by atoms with Gasteiger partial charge in [0.15, 0.2) is 0 Å². The Kier molecular flexibility index (Phi) is 5.73. The molecule has 0 spiro atoms. The largest absolute Gasteiger partial charge is 0.391 e. The van der Waals surface area contributed by atoms with E-state index in [0.717, 1.165) is 19.3 Å². The Balaban J connectivity index is 2.38. The van der Waals surface area contributed by atoms with Crippen molar-refractivity contribution in [3.8, 4) is 0 Å². The first-order valence-corrected chi connectivity index (χ1v) is 6.26. The second-order valence-electron chi connectivity index (χ2n) is 4.96. The van der Waals surface area contributed by atoms with E-state index in [-0.39, 0.29) is 24.8 Å². The Bertz CT molecular complexity index is 220. The molecule has 5 heteroatoms. The van der Waals surface area contributed by atoms with E-state index in [1.54, 1.807) is 7.11 Å². The van der Waals surface area contributed by atoms with Gasteiger partial charge in [0.25, 0.3) is 0 Å². The van der Waals surface area contributed by atoms with Crippen molar-refractivity contribution in [3.05, 3.63) is 0 Å². The number of rotatable bonds is 5. The van der Waals surface area contributed by atoms with Gasteiger partial charge in [-0.15, -0.1) is 0 Å². The maximum absolute atomic E-state index is 12.6. The molecular formula is C12H22F3NO. The predicted molar refractivity (Wildman–Crippen MR) is 60.6 cm³/mol. The molecule has 1 aliphatic rings. The molecule has 0 aliphatic heterocycles. The van der Waals surface area contributed by atoms with Crippen LogP contribution in [-0.4, -0.2) is 25.9 Å². The zero-order valence-electron chi connectivity index (χ0n) is 10.3. The highest BCUT2D eigenvalue weighted by Crippen LogP contribution is 2.41. The lowest BCUT2D eigenvalue weighted by Gasteiger charge is -2.33. The van der Waals surface area contributed by atoms with E-state index in [1.165, 1.54) is 0 Å². The third-order valence-electron chi connectivity index (χ3n) is 3.67. The smallest absolute Gasteiger partial charge is 0.385 e. The average molecular weight is 253 g/mol. The van der Waals surface area contributed by atoms with Gasteiger partial charge in [-0.2, -0.15) is 13.2 Å². The lowest BCUT2D eigenvalue weighted by Crippen LogP contribution is -2.37. The molecule has 2 nitrogen and oxygen atoms in total. The van der Waals surface area contributed by atoms with Gasteiger partial charge in [0.1, 0.15) is 0 Å². The number of halogens is 3. The van der Waals surface area contributed by atoms with Crippen molar-refractivity contribution in [2.45, 2.75) is 50.7 Å². The van der Waals surface area contributed by atoms with E-state index in [4.69, 9.17) is 10.5 Å². The molecular weight excluding hydrogens is 231 g/mol. The fraction of sp³-hybridized carbons (Fsp3) is 1.00. The van der Waals surface area contributed by atoms with Gasteiger partial charge in [-0.05, 0) is 38.0 Å². The summed E-state index contributed by atoms with van der Waals surface area (Å²) in [5.74, 6) is -1.12. The fourth-order valence-corrected chi connectivity index (χ4v) is 2.61. The minimum absolute atomic E-state index is 0.0206. The number of ether oxygens (including phenoxy) is 1. The second kappa shape index (κ2) is 6.59. The van der Waals surface area contributed by atoms with Gasteiger partial charge in [-0.1, -0.05) is 6.42 Å². The molecule has 0 amide bonds. The normalized spacial score (nSPS) is 28.1. The summed E-state index contributed by atoms with van der Waals surface area (Å²) in [5.41, 5.74) is 5.97. The van der Waals surface area contributed by atoms with Crippen molar-refractivity contribution in [3.63, 3.8) is 0 Å². The molecule has 3 atom stereocenters. The molecule has 0 aromatic rings. The SMILES string of the molecule is COCCCC(N)C1CCCC(C(F)(F)F)C1. The highest BCUT2D eigenvalue weighted by Gasteiger charge is 2.42. The minimum atomic E-state index is -4.05. The van der Waals surface area contributed by atoms with Crippen LogP contribution in [0.3, 0.4) is 0 Å². The average Bonchev–Trinajstić information content (AvgIpc) is 2.28. The number of nitrogens with two attached hydrogens (primary N) is 1. The standard InChI is InChI=1S/C12H22F3NO/c1-17-7-3-6-11(16)9-4-2-5-10(8-9)12(13,14)15/h9-11H,2-8,16H2,1H3. The van der Waals surface area contributed by atoms with Crippen LogP contribution in [0, 0.1) is 11.8 Å². The summed E-state index contributed by atoms with van der Waals surface area (Å²) < 4.78 is 42.8. The van der Waals surface area contributed by atoms with Gasteiger partial charge < -0.3 is 10.5 Å². The molecule has 102 valence electrons. The van der Waals surface area contributed by atoms with Gasteiger partial charge in [0, 0.05) is 19.8 Å². The number of hydrogen-bond acceptors (Lipinski definition) is 2. The van der Waals surface area contributed by atoms with E-state index in [1.807, 2.05) is 0 Å². The van der Waals surface area contributed by atoms with Crippen molar-refractivity contribution in [1.29, 1.82) is 0 Å². The van der Waals surface area contributed by atoms with Crippen LogP contribution >= 0.6 is 0 Å². The van der Waals surface area contributed by atoms with Crippen LogP contribution in [0.5, 0.6) is 0 Å². The van der Waals surface area contributed by atoms with Gasteiger partial charge in [0.2, 0.25) is 0 Å². The Morgan fingerprint density at radius 3 is 2.65 bits per heavy atom. The molecule has 1 saturated carbocycles. The van der Waals surface area contributed by atoms with E-state index in [0.29, 0.717) is 13.0 Å². The van der Waals surface area contributed by atoms with Crippen LogP contribution in [0.25, 0.3) is 0 Å². The van der Waals surface area contributed by atoms with Crippen molar-refractivity contribution in [1.82, 2.24) is 0 Å². The molecule has 1 fully saturated rings. The lowest BCUT2D eigenvalue weighted by atomic mass is 9.77. The van der Waals surface area contributed by atoms with E-state index < -0.39 is 12.1 Å². The number of hydrogen-bond donors (Lipinski definition) is 1. The van der Waals surface area contributed by atoms with E-state index in [2.05, 4.69) is 0 Å². The predicted octanol–water partition coefficient (Wildman–Crippen LogP) is 3.11. The molecule has 0 heterocycles. The molecule has 0 aromatic carbocycles. The van der Waals surface area contributed by atoms with Crippen LogP contribution in [0.15, 0.2) is 0 Å². The van der Waals surface area contributed by atoms with Crippen LogP contribution in [0.1, 0.15) is 38.5 Å². The highest BCUT2D eigenvalue weighted by molar-refractivity contribution is 4.83. The van der Waals surface area contributed by atoms with Crippen LogP contribution in [-0.2, 0) is 4.74 Å². The van der Waals surface area contributed by atoms with Crippen molar-refractivity contribution >= 4 is 0 Å². The summed E-state index contributed by atoms with van der Waals surface area (Å²) in [5, 5.41) is 0. The van der Waals surface area contributed by atoms with E-state index in [9.17, 15) is 13.2 Å². The maximum atomic E-state index is 12.6. The molecule has 0 bridgehead atoms. The Morgan fingerprint density at radius 2 is 2.06 bits per heavy atom. The van der Waals surface area contributed by atoms with Crippen LogP contribution < -0.4 is 5.73 Å². The molecule has 17 heavy (non-hydrogen) atoms. The third-order valence-corrected chi connectivity index (χ3v) is 3.67. The lowest BCUT2D eigenvalue weighted by molar-refractivity contribution is -0.186. The fourth-order valence-electron chi connectivity index (χ4n) is 2.61. The summed E-state index contributed by atoms with van der Waals surface area (Å²) in [7, 11) is 1.62.